The van der Waals surface area contributed by atoms with Crippen LogP contribution >= 0.6 is 0 Å². The van der Waals surface area contributed by atoms with Crippen LogP contribution in [0.3, 0.4) is 0 Å². The van der Waals surface area contributed by atoms with E-state index in [4.69, 9.17) is 4.74 Å². The van der Waals surface area contributed by atoms with Crippen LogP contribution in [0, 0.1) is 5.92 Å². The molecule has 0 heterocycles. The molecule has 134 valence electrons. The molecule has 0 bridgehead atoms. The summed E-state index contributed by atoms with van der Waals surface area (Å²) in [5, 5.41) is 11.5. The molecule has 5 nitrogen and oxygen atoms in total. The summed E-state index contributed by atoms with van der Waals surface area (Å²) in [6, 6.07) is 14.4. The number of carbonyl (C=O) groups excluding carboxylic acids is 1. The van der Waals surface area contributed by atoms with E-state index in [0.717, 1.165) is 10.9 Å². The number of carboxylic acid groups (broad SMARTS) is 1. The largest absolute Gasteiger partial charge is 0.481 e. The quantitative estimate of drug-likeness (QED) is 0.743. The smallest absolute Gasteiger partial charge is 0.307 e. The number of rotatable bonds is 8. The van der Waals surface area contributed by atoms with Crippen LogP contribution in [0.4, 0.5) is 0 Å². The Kier molecular flexibility index (Phi) is 6.53. The van der Waals surface area contributed by atoms with Crippen molar-refractivity contribution in [2.24, 2.45) is 5.92 Å². The van der Waals surface area contributed by atoms with E-state index < -0.39 is 11.9 Å². The third kappa shape index (κ3) is 5.03. The SMILES string of the molecule is COC(=O)CCN(C[C@H](C)C(=O)O)C(C)c1ccc2ccccc2c1. The molecule has 2 aromatic carbocycles. The Morgan fingerprint density at radius 3 is 2.44 bits per heavy atom. The molecule has 0 aliphatic rings. The van der Waals surface area contributed by atoms with Crippen molar-refractivity contribution in [1.82, 2.24) is 4.90 Å². The Morgan fingerprint density at radius 2 is 1.80 bits per heavy atom. The molecule has 5 heteroatoms. The third-order valence-electron chi connectivity index (χ3n) is 4.56. The van der Waals surface area contributed by atoms with Crippen molar-refractivity contribution in [3.05, 3.63) is 48.0 Å². The molecule has 1 unspecified atom stereocenters. The first-order valence-electron chi connectivity index (χ1n) is 8.44. The predicted octanol–water partition coefficient (Wildman–Crippen LogP) is 3.49. The molecular formula is C20H25NO4. The number of esters is 1. The van der Waals surface area contributed by atoms with Gasteiger partial charge in [0.05, 0.1) is 19.4 Å². The lowest BCUT2D eigenvalue weighted by molar-refractivity contribution is -0.142. The van der Waals surface area contributed by atoms with Crippen molar-refractivity contribution in [2.45, 2.75) is 26.3 Å². The Bertz CT molecular complexity index is 743. The van der Waals surface area contributed by atoms with Crippen LogP contribution in [0.2, 0.25) is 0 Å². The number of hydrogen-bond acceptors (Lipinski definition) is 4. The van der Waals surface area contributed by atoms with Gasteiger partial charge in [0, 0.05) is 19.1 Å². The number of fused-ring (bicyclic) bond motifs is 1. The first kappa shape index (κ1) is 18.9. The van der Waals surface area contributed by atoms with Crippen molar-refractivity contribution in [3.63, 3.8) is 0 Å². The van der Waals surface area contributed by atoms with E-state index in [0.29, 0.717) is 13.1 Å². The summed E-state index contributed by atoms with van der Waals surface area (Å²) in [6.45, 7) is 4.55. The lowest BCUT2D eigenvalue weighted by Crippen LogP contribution is -2.35. The van der Waals surface area contributed by atoms with Crippen LogP contribution in [-0.4, -0.2) is 42.1 Å². The number of benzene rings is 2. The van der Waals surface area contributed by atoms with Crippen LogP contribution in [-0.2, 0) is 14.3 Å². The van der Waals surface area contributed by atoms with E-state index in [2.05, 4.69) is 30.3 Å². The van der Waals surface area contributed by atoms with E-state index in [9.17, 15) is 14.7 Å². The van der Waals surface area contributed by atoms with Crippen molar-refractivity contribution < 1.29 is 19.4 Å². The van der Waals surface area contributed by atoms with Gasteiger partial charge < -0.3 is 9.84 Å². The van der Waals surface area contributed by atoms with Gasteiger partial charge in [-0.3, -0.25) is 14.5 Å². The van der Waals surface area contributed by atoms with Crippen LogP contribution in [0.5, 0.6) is 0 Å². The molecule has 0 radical (unpaired) electrons. The van der Waals surface area contributed by atoms with Gasteiger partial charge >= 0.3 is 11.9 Å². The van der Waals surface area contributed by atoms with Crippen LogP contribution in [0.15, 0.2) is 42.5 Å². The monoisotopic (exact) mass is 343 g/mol. The highest BCUT2D eigenvalue weighted by Gasteiger charge is 2.22. The maximum Gasteiger partial charge on any atom is 0.307 e. The molecule has 0 aliphatic carbocycles. The summed E-state index contributed by atoms with van der Waals surface area (Å²) in [7, 11) is 1.36. The molecule has 2 rings (SSSR count). The minimum absolute atomic E-state index is 0.00365. The van der Waals surface area contributed by atoms with Crippen molar-refractivity contribution in [1.29, 1.82) is 0 Å². The molecule has 0 amide bonds. The normalized spacial score (nSPS) is 13.6. The Balaban J connectivity index is 2.22. The van der Waals surface area contributed by atoms with Crippen molar-refractivity contribution in [2.75, 3.05) is 20.2 Å². The average Bonchev–Trinajstić information content (AvgIpc) is 2.63. The van der Waals surface area contributed by atoms with E-state index in [1.807, 2.05) is 24.0 Å². The van der Waals surface area contributed by atoms with Gasteiger partial charge in [0.15, 0.2) is 0 Å². The number of ether oxygens (including phenoxy) is 1. The van der Waals surface area contributed by atoms with E-state index in [1.54, 1.807) is 6.92 Å². The molecule has 0 aromatic heterocycles. The molecular weight excluding hydrogens is 318 g/mol. The molecule has 0 spiro atoms. The average molecular weight is 343 g/mol. The van der Waals surface area contributed by atoms with Gasteiger partial charge in [-0.1, -0.05) is 43.3 Å². The molecule has 0 aliphatic heterocycles. The molecule has 2 aromatic rings. The van der Waals surface area contributed by atoms with Gasteiger partial charge in [0.25, 0.3) is 0 Å². The molecule has 0 saturated heterocycles. The lowest BCUT2D eigenvalue weighted by atomic mass is 10.0. The minimum Gasteiger partial charge on any atom is -0.481 e. The molecule has 0 fully saturated rings. The number of carboxylic acids is 1. The topological polar surface area (TPSA) is 66.8 Å². The van der Waals surface area contributed by atoms with E-state index in [-0.39, 0.29) is 18.4 Å². The molecule has 1 N–H and O–H groups in total. The van der Waals surface area contributed by atoms with Crippen molar-refractivity contribution in [3.8, 4) is 0 Å². The maximum absolute atomic E-state index is 11.5. The Morgan fingerprint density at radius 1 is 1.12 bits per heavy atom. The number of methoxy groups -OCH3 is 1. The van der Waals surface area contributed by atoms with Gasteiger partial charge in [-0.25, -0.2) is 0 Å². The fourth-order valence-electron chi connectivity index (χ4n) is 2.89. The predicted molar refractivity (Wildman–Crippen MR) is 97.4 cm³/mol. The zero-order valence-electron chi connectivity index (χ0n) is 14.9. The Hall–Kier alpha value is -2.40. The second kappa shape index (κ2) is 8.62. The maximum atomic E-state index is 11.5. The first-order chi connectivity index (χ1) is 11.9. The highest BCUT2D eigenvalue weighted by atomic mass is 16.5. The van der Waals surface area contributed by atoms with Crippen LogP contribution < -0.4 is 0 Å². The molecule has 0 saturated carbocycles. The Labute approximate surface area is 148 Å². The summed E-state index contributed by atoms with van der Waals surface area (Å²) in [4.78, 5) is 24.8. The second-order valence-corrected chi connectivity index (χ2v) is 6.34. The number of aliphatic carboxylic acids is 1. The summed E-state index contributed by atoms with van der Waals surface area (Å²) in [5.41, 5.74) is 1.10. The van der Waals surface area contributed by atoms with Crippen molar-refractivity contribution >= 4 is 22.7 Å². The summed E-state index contributed by atoms with van der Waals surface area (Å²) < 4.78 is 4.71. The highest BCUT2D eigenvalue weighted by Crippen LogP contribution is 2.25. The fourth-order valence-corrected chi connectivity index (χ4v) is 2.89. The van der Waals surface area contributed by atoms with Crippen LogP contribution in [0.1, 0.15) is 31.9 Å². The highest BCUT2D eigenvalue weighted by molar-refractivity contribution is 5.83. The van der Waals surface area contributed by atoms with E-state index in [1.165, 1.54) is 12.5 Å². The zero-order valence-corrected chi connectivity index (χ0v) is 14.9. The summed E-state index contributed by atoms with van der Waals surface area (Å²) >= 11 is 0. The third-order valence-corrected chi connectivity index (χ3v) is 4.56. The first-order valence-corrected chi connectivity index (χ1v) is 8.44. The summed E-state index contributed by atoms with van der Waals surface area (Å²) in [6.07, 6.45) is 0.237. The van der Waals surface area contributed by atoms with Gasteiger partial charge in [-0.05, 0) is 29.3 Å². The summed E-state index contributed by atoms with van der Waals surface area (Å²) in [5.74, 6) is -1.65. The number of hydrogen-bond donors (Lipinski definition) is 1. The molecule has 25 heavy (non-hydrogen) atoms. The number of nitrogens with zero attached hydrogens (tertiary/aromatic N) is 1. The lowest BCUT2D eigenvalue weighted by Gasteiger charge is -2.30. The second-order valence-electron chi connectivity index (χ2n) is 6.34. The van der Waals surface area contributed by atoms with Gasteiger partial charge in [0.2, 0.25) is 0 Å². The molecule has 2 atom stereocenters. The fraction of sp³-hybridized carbons (Fsp3) is 0.400. The zero-order chi connectivity index (χ0) is 18.4. The standard InChI is InChI=1S/C20H25NO4/c1-14(20(23)24)13-21(11-10-19(22)25-3)15(2)17-9-8-16-6-4-5-7-18(16)12-17/h4-9,12,14-15H,10-11,13H2,1-3H3,(H,23,24)/t14-,15?/m0/s1. The van der Waals surface area contributed by atoms with Gasteiger partial charge in [-0.15, -0.1) is 0 Å². The minimum atomic E-state index is -0.839. The van der Waals surface area contributed by atoms with E-state index >= 15 is 0 Å². The van der Waals surface area contributed by atoms with Crippen LogP contribution in [0.25, 0.3) is 10.8 Å². The number of carbonyl (C=O) groups is 2. The van der Waals surface area contributed by atoms with Gasteiger partial charge in [0.1, 0.15) is 0 Å². The van der Waals surface area contributed by atoms with Gasteiger partial charge in [-0.2, -0.15) is 0 Å².